The minimum absolute atomic E-state index is 0.169. The van der Waals surface area contributed by atoms with Crippen molar-refractivity contribution in [3.63, 3.8) is 0 Å². The van der Waals surface area contributed by atoms with Crippen LogP contribution in [0.2, 0.25) is 0 Å². The van der Waals surface area contributed by atoms with Crippen molar-refractivity contribution in [3.05, 3.63) is 0 Å². The van der Waals surface area contributed by atoms with Crippen LogP contribution in [0.5, 0.6) is 0 Å². The summed E-state index contributed by atoms with van der Waals surface area (Å²) in [5.74, 6) is -0.169. The summed E-state index contributed by atoms with van der Waals surface area (Å²) < 4.78 is 5.06. The minimum atomic E-state index is -0.169. The van der Waals surface area contributed by atoms with E-state index in [1.54, 1.807) is 0 Å². The molecule has 0 aliphatic heterocycles. The van der Waals surface area contributed by atoms with Crippen LogP contribution in [-0.2, 0) is 14.3 Å². The van der Waals surface area contributed by atoms with Gasteiger partial charge in [0.05, 0.1) is 6.61 Å². The second-order valence-electron chi connectivity index (χ2n) is 4.40. The van der Waals surface area contributed by atoms with Crippen LogP contribution < -0.4 is 0 Å². The summed E-state index contributed by atoms with van der Waals surface area (Å²) in [6.07, 6.45) is 10.8. The average Bonchev–Trinajstić information content (AvgIpc) is 2.33. The van der Waals surface area contributed by atoms with Gasteiger partial charge in [-0.3, -0.25) is 4.79 Å². The Bertz CT molecular complexity index is 190. The smallest absolute Gasteiger partial charge is 0.305 e. The van der Waals surface area contributed by atoms with E-state index in [1.165, 1.54) is 32.1 Å². The average molecular weight is 242 g/mol. The van der Waals surface area contributed by atoms with E-state index in [4.69, 9.17) is 4.74 Å². The van der Waals surface area contributed by atoms with Crippen molar-refractivity contribution in [2.24, 2.45) is 0 Å². The molecule has 0 aromatic carbocycles. The molecule has 0 spiro atoms. The first kappa shape index (κ1) is 16.1. The Kier molecular flexibility index (Phi) is 12.5. The number of esters is 1. The van der Waals surface area contributed by atoms with E-state index in [-0.39, 0.29) is 5.97 Å². The fourth-order valence-corrected chi connectivity index (χ4v) is 1.65. The molecule has 3 heteroatoms. The van der Waals surface area contributed by atoms with Gasteiger partial charge in [-0.05, 0) is 12.8 Å². The molecule has 0 saturated heterocycles. The third-order valence-corrected chi connectivity index (χ3v) is 2.71. The third-order valence-electron chi connectivity index (χ3n) is 2.71. The molecular formula is C14H26O3. The Morgan fingerprint density at radius 1 is 1.00 bits per heavy atom. The summed E-state index contributed by atoms with van der Waals surface area (Å²) in [5, 5.41) is 0. The molecule has 0 aliphatic carbocycles. The van der Waals surface area contributed by atoms with Crippen LogP contribution in [0, 0.1) is 0 Å². The molecule has 0 fully saturated rings. The molecule has 0 saturated carbocycles. The molecule has 0 aromatic rings. The van der Waals surface area contributed by atoms with Gasteiger partial charge in [-0.15, -0.1) is 0 Å². The first-order chi connectivity index (χ1) is 8.31. The van der Waals surface area contributed by atoms with Gasteiger partial charge in [0.1, 0.15) is 6.29 Å². The summed E-state index contributed by atoms with van der Waals surface area (Å²) in [5.41, 5.74) is 0. The highest BCUT2D eigenvalue weighted by Gasteiger charge is 2.01. The van der Waals surface area contributed by atoms with Gasteiger partial charge in [-0.25, -0.2) is 0 Å². The van der Waals surface area contributed by atoms with Gasteiger partial charge in [-0.1, -0.05) is 45.4 Å². The van der Waals surface area contributed by atoms with Crippen LogP contribution in [0.15, 0.2) is 0 Å². The Morgan fingerprint density at radius 2 is 1.65 bits per heavy atom. The molecule has 3 nitrogen and oxygen atoms in total. The Labute approximate surface area is 105 Å². The number of carbonyl (C=O) groups excluding carboxylic acids is 2. The summed E-state index contributed by atoms with van der Waals surface area (Å²) >= 11 is 0. The highest BCUT2D eigenvalue weighted by atomic mass is 16.5. The van der Waals surface area contributed by atoms with Crippen LogP contribution in [0.3, 0.4) is 0 Å². The van der Waals surface area contributed by atoms with Gasteiger partial charge in [-0.2, -0.15) is 0 Å². The highest BCUT2D eigenvalue weighted by Crippen LogP contribution is 2.07. The molecule has 0 unspecified atom stereocenters. The maximum absolute atomic E-state index is 11.2. The molecule has 0 amide bonds. The predicted octanol–water partition coefficient (Wildman–Crippen LogP) is 3.65. The van der Waals surface area contributed by atoms with Crippen molar-refractivity contribution >= 4 is 12.3 Å². The van der Waals surface area contributed by atoms with E-state index in [9.17, 15) is 9.59 Å². The van der Waals surface area contributed by atoms with Gasteiger partial charge in [0, 0.05) is 12.8 Å². The lowest BCUT2D eigenvalue weighted by Gasteiger charge is -2.04. The van der Waals surface area contributed by atoms with Gasteiger partial charge in [0.2, 0.25) is 0 Å². The van der Waals surface area contributed by atoms with E-state index in [0.29, 0.717) is 25.9 Å². The predicted molar refractivity (Wildman–Crippen MR) is 68.9 cm³/mol. The fourth-order valence-electron chi connectivity index (χ4n) is 1.65. The Hall–Kier alpha value is -0.860. The lowest BCUT2D eigenvalue weighted by molar-refractivity contribution is -0.143. The van der Waals surface area contributed by atoms with Gasteiger partial charge in [0.25, 0.3) is 0 Å². The first-order valence-corrected chi connectivity index (χ1v) is 6.90. The highest BCUT2D eigenvalue weighted by molar-refractivity contribution is 5.69. The molecule has 100 valence electrons. The van der Waals surface area contributed by atoms with E-state index in [0.717, 1.165) is 19.1 Å². The Morgan fingerprint density at radius 3 is 2.29 bits per heavy atom. The first-order valence-electron chi connectivity index (χ1n) is 6.90. The molecule has 17 heavy (non-hydrogen) atoms. The maximum Gasteiger partial charge on any atom is 0.305 e. The molecule has 0 heterocycles. The van der Waals surface area contributed by atoms with Crippen LogP contribution in [0.4, 0.5) is 0 Å². The molecule has 0 bridgehead atoms. The number of unbranched alkanes of at least 4 members (excludes halogenated alkanes) is 7. The van der Waals surface area contributed by atoms with E-state index in [2.05, 4.69) is 6.92 Å². The van der Waals surface area contributed by atoms with Crippen LogP contribution >= 0.6 is 0 Å². The summed E-state index contributed by atoms with van der Waals surface area (Å²) in [4.78, 5) is 21.2. The zero-order valence-electron chi connectivity index (χ0n) is 11.1. The SMILES string of the molecule is CCCCCCCCCOC(=O)CCCC=O. The molecule has 0 N–H and O–H groups in total. The maximum atomic E-state index is 11.2. The number of rotatable bonds is 12. The van der Waals surface area contributed by atoms with Crippen LogP contribution in [-0.4, -0.2) is 18.9 Å². The molecule has 0 aromatic heterocycles. The Balaban J connectivity index is 3.11. The summed E-state index contributed by atoms with van der Waals surface area (Å²) in [6.45, 7) is 2.75. The van der Waals surface area contributed by atoms with Crippen molar-refractivity contribution in [1.29, 1.82) is 0 Å². The van der Waals surface area contributed by atoms with Gasteiger partial charge >= 0.3 is 5.97 Å². The van der Waals surface area contributed by atoms with E-state index >= 15 is 0 Å². The van der Waals surface area contributed by atoms with E-state index < -0.39 is 0 Å². The molecule has 0 rings (SSSR count). The van der Waals surface area contributed by atoms with Crippen molar-refractivity contribution < 1.29 is 14.3 Å². The molecular weight excluding hydrogens is 216 g/mol. The van der Waals surface area contributed by atoms with Crippen LogP contribution in [0.1, 0.15) is 71.1 Å². The monoisotopic (exact) mass is 242 g/mol. The second-order valence-corrected chi connectivity index (χ2v) is 4.40. The molecule has 0 aliphatic rings. The number of hydrogen-bond donors (Lipinski definition) is 0. The van der Waals surface area contributed by atoms with Gasteiger partial charge < -0.3 is 9.53 Å². The van der Waals surface area contributed by atoms with Crippen molar-refractivity contribution in [3.8, 4) is 0 Å². The summed E-state index contributed by atoms with van der Waals surface area (Å²) in [6, 6.07) is 0. The molecule has 0 radical (unpaired) electrons. The number of hydrogen-bond acceptors (Lipinski definition) is 3. The van der Waals surface area contributed by atoms with Crippen LogP contribution in [0.25, 0.3) is 0 Å². The topological polar surface area (TPSA) is 43.4 Å². The standard InChI is InChI=1S/C14H26O3/c1-2-3-4-5-6-7-10-13-17-14(16)11-8-9-12-15/h12H,2-11,13H2,1H3. The van der Waals surface area contributed by atoms with Crippen molar-refractivity contribution in [2.75, 3.05) is 6.61 Å². The second kappa shape index (κ2) is 13.2. The normalized spacial score (nSPS) is 10.2. The zero-order valence-corrected chi connectivity index (χ0v) is 11.1. The zero-order chi connectivity index (χ0) is 12.8. The number of aldehydes is 1. The quantitative estimate of drug-likeness (QED) is 0.298. The van der Waals surface area contributed by atoms with Crippen molar-refractivity contribution in [1.82, 2.24) is 0 Å². The van der Waals surface area contributed by atoms with E-state index in [1.807, 2.05) is 0 Å². The number of ether oxygens (including phenoxy) is 1. The third kappa shape index (κ3) is 13.1. The molecule has 0 atom stereocenters. The lowest BCUT2D eigenvalue weighted by Crippen LogP contribution is -2.05. The van der Waals surface area contributed by atoms with Crippen molar-refractivity contribution in [2.45, 2.75) is 71.1 Å². The van der Waals surface area contributed by atoms with Gasteiger partial charge in [0.15, 0.2) is 0 Å². The minimum Gasteiger partial charge on any atom is -0.466 e. The fraction of sp³-hybridized carbons (Fsp3) is 0.857. The largest absolute Gasteiger partial charge is 0.466 e. The lowest BCUT2D eigenvalue weighted by atomic mass is 10.1. The summed E-state index contributed by atoms with van der Waals surface area (Å²) in [7, 11) is 0. The number of carbonyl (C=O) groups is 2.